The summed E-state index contributed by atoms with van der Waals surface area (Å²) >= 11 is 1.68. The minimum absolute atomic E-state index is 0.310. The Morgan fingerprint density at radius 1 is 1.64 bits per heavy atom. The molecule has 0 aromatic heterocycles. The monoisotopic (exact) mass is 214 g/mol. The van der Waals surface area contributed by atoms with E-state index in [1.807, 2.05) is 6.92 Å². The lowest BCUT2D eigenvalue weighted by atomic mass is 10.1. The van der Waals surface area contributed by atoms with Gasteiger partial charge < -0.3 is 5.73 Å². The van der Waals surface area contributed by atoms with Gasteiger partial charge in [0, 0.05) is 5.75 Å². The molecule has 0 fully saturated rings. The second-order valence-electron chi connectivity index (χ2n) is 3.89. The van der Waals surface area contributed by atoms with E-state index in [0.29, 0.717) is 5.75 Å². The Balaban J connectivity index is 2.46. The standard InChI is InChI=1S/C10H18N2OS/c1-3-4-5-6-8-12-10(2,7-14-8)9(11)13/h3-7H2,1-2H3,(H2,11,13). The van der Waals surface area contributed by atoms with Crippen LogP contribution in [0, 0.1) is 0 Å². The van der Waals surface area contributed by atoms with Gasteiger partial charge in [0.1, 0.15) is 5.54 Å². The van der Waals surface area contributed by atoms with Crippen molar-refractivity contribution < 1.29 is 4.79 Å². The van der Waals surface area contributed by atoms with Gasteiger partial charge in [0.2, 0.25) is 5.91 Å². The average molecular weight is 214 g/mol. The average Bonchev–Trinajstić information content (AvgIpc) is 2.50. The summed E-state index contributed by atoms with van der Waals surface area (Å²) in [6, 6.07) is 0. The Kier molecular flexibility index (Phi) is 3.98. The van der Waals surface area contributed by atoms with E-state index in [2.05, 4.69) is 11.9 Å². The molecule has 2 N–H and O–H groups in total. The summed E-state index contributed by atoms with van der Waals surface area (Å²) in [6.45, 7) is 3.99. The molecule has 1 amide bonds. The molecule has 1 aliphatic heterocycles. The molecule has 0 spiro atoms. The highest BCUT2D eigenvalue weighted by molar-refractivity contribution is 8.14. The third-order valence-corrected chi connectivity index (χ3v) is 3.75. The van der Waals surface area contributed by atoms with E-state index in [-0.39, 0.29) is 5.91 Å². The van der Waals surface area contributed by atoms with Gasteiger partial charge >= 0.3 is 0 Å². The Labute approximate surface area is 89.5 Å². The first-order valence-electron chi connectivity index (χ1n) is 5.10. The molecule has 0 radical (unpaired) electrons. The molecule has 14 heavy (non-hydrogen) atoms. The maximum atomic E-state index is 11.1. The quantitative estimate of drug-likeness (QED) is 0.711. The number of nitrogens with zero attached hydrogens (tertiary/aromatic N) is 1. The fraction of sp³-hybridized carbons (Fsp3) is 0.800. The van der Waals surface area contributed by atoms with Gasteiger partial charge in [0.15, 0.2) is 0 Å². The summed E-state index contributed by atoms with van der Waals surface area (Å²) in [4.78, 5) is 15.5. The Hall–Kier alpha value is -0.510. The summed E-state index contributed by atoms with van der Waals surface area (Å²) in [6.07, 6.45) is 4.61. The number of hydrogen-bond acceptors (Lipinski definition) is 3. The largest absolute Gasteiger partial charge is 0.368 e. The van der Waals surface area contributed by atoms with Gasteiger partial charge in [-0.15, -0.1) is 11.8 Å². The lowest BCUT2D eigenvalue weighted by molar-refractivity contribution is -0.121. The van der Waals surface area contributed by atoms with Crippen molar-refractivity contribution in [1.82, 2.24) is 0 Å². The molecule has 4 heteroatoms. The van der Waals surface area contributed by atoms with Crippen molar-refractivity contribution in [3.05, 3.63) is 0 Å². The highest BCUT2D eigenvalue weighted by Gasteiger charge is 2.35. The second kappa shape index (κ2) is 4.82. The van der Waals surface area contributed by atoms with Gasteiger partial charge in [-0.2, -0.15) is 0 Å². The van der Waals surface area contributed by atoms with Gasteiger partial charge in [-0.05, 0) is 19.8 Å². The summed E-state index contributed by atoms with van der Waals surface area (Å²) < 4.78 is 0. The molecule has 1 rings (SSSR count). The lowest BCUT2D eigenvalue weighted by Crippen LogP contribution is -2.39. The number of unbranched alkanes of at least 4 members (excludes halogenated alkanes) is 2. The molecule has 1 aliphatic rings. The van der Waals surface area contributed by atoms with Crippen LogP contribution >= 0.6 is 11.8 Å². The molecule has 0 aliphatic carbocycles. The number of carbonyl (C=O) groups is 1. The van der Waals surface area contributed by atoms with E-state index in [0.717, 1.165) is 17.9 Å². The van der Waals surface area contributed by atoms with Crippen molar-refractivity contribution in [2.75, 3.05) is 5.75 Å². The summed E-state index contributed by atoms with van der Waals surface area (Å²) in [7, 11) is 0. The van der Waals surface area contributed by atoms with Crippen LogP contribution in [0.25, 0.3) is 0 Å². The summed E-state index contributed by atoms with van der Waals surface area (Å²) in [5.74, 6) is 0.402. The van der Waals surface area contributed by atoms with Gasteiger partial charge in [-0.25, -0.2) is 0 Å². The zero-order valence-electron chi connectivity index (χ0n) is 8.88. The maximum absolute atomic E-state index is 11.1. The zero-order chi connectivity index (χ0) is 10.6. The van der Waals surface area contributed by atoms with Crippen LogP contribution in [0.4, 0.5) is 0 Å². The molecule has 80 valence electrons. The molecular formula is C10H18N2OS. The van der Waals surface area contributed by atoms with Crippen LogP contribution in [0.5, 0.6) is 0 Å². The zero-order valence-corrected chi connectivity index (χ0v) is 9.69. The molecule has 0 aromatic rings. The van der Waals surface area contributed by atoms with Crippen LogP contribution in [0.2, 0.25) is 0 Å². The predicted molar refractivity (Wildman–Crippen MR) is 61.6 cm³/mol. The molecule has 1 atom stereocenters. The highest BCUT2D eigenvalue weighted by atomic mass is 32.2. The van der Waals surface area contributed by atoms with Crippen molar-refractivity contribution in [2.24, 2.45) is 10.7 Å². The van der Waals surface area contributed by atoms with Gasteiger partial charge in [0.05, 0.1) is 5.04 Å². The SMILES string of the molecule is CCCCCC1=NC(C)(C(N)=O)CS1. The predicted octanol–water partition coefficient (Wildman–Crippen LogP) is 1.96. The number of carbonyl (C=O) groups excluding carboxylic acids is 1. The fourth-order valence-electron chi connectivity index (χ4n) is 1.34. The Morgan fingerprint density at radius 3 is 2.86 bits per heavy atom. The third-order valence-electron chi connectivity index (χ3n) is 2.42. The number of nitrogens with two attached hydrogens (primary N) is 1. The first kappa shape index (κ1) is 11.6. The van der Waals surface area contributed by atoms with Crippen molar-refractivity contribution in [3.8, 4) is 0 Å². The maximum Gasteiger partial charge on any atom is 0.245 e. The molecule has 1 unspecified atom stereocenters. The fourth-order valence-corrected chi connectivity index (χ4v) is 2.55. The molecule has 0 aromatic carbocycles. The van der Waals surface area contributed by atoms with Crippen molar-refractivity contribution >= 4 is 22.7 Å². The van der Waals surface area contributed by atoms with Crippen molar-refractivity contribution in [2.45, 2.75) is 45.1 Å². The van der Waals surface area contributed by atoms with E-state index in [4.69, 9.17) is 5.73 Å². The van der Waals surface area contributed by atoms with E-state index in [1.54, 1.807) is 11.8 Å². The summed E-state index contributed by atoms with van der Waals surface area (Å²) in [5.41, 5.74) is 4.64. The Bertz CT molecular complexity index is 253. The molecule has 1 heterocycles. The van der Waals surface area contributed by atoms with Crippen LogP contribution in [0.15, 0.2) is 4.99 Å². The van der Waals surface area contributed by atoms with Crippen LogP contribution in [-0.4, -0.2) is 22.2 Å². The van der Waals surface area contributed by atoms with E-state index < -0.39 is 5.54 Å². The lowest BCUT2D eigenvalue weighted by Gasteiger charge is -2.13. The van der Waals surface area contributed by atoms with E-state index in [1.165, 1.54) is 12.8 Å². The van der Waals surface area contributed by atoms with Crippen molar-refractivity contribution in [1.29, 1.82) is 0 Å². The van der Waals surface area contributed by atoms with Gasteiger partial charge in [0.25, 0.3) is 0 Å². The number of primary amides is 1. The van der Waals surface area contributed by atoms with Gasteiger partial charge in [-0.3, -0.25) is 9.79 Å². The number of aliphatic imine (C=N–C) groups is 1. The van der Waals surface area contributed by atoms with Crippen LogP contribution < -0.4 is 5.73 Å². The molecule has 0 saturated carbocycles. The molecular weight excluding hydrogens is 196 g/mol. The van der Waals surface area contributed by atoms with Crippen LogP contribution in [0.1, 0.15) is 39.5 Å². The molecule has 3 nitrogen and oxygen atoms in total. The highest BCUT2D eigenvalue weighted by Crippen LogP contribution is 2.29. The minimum Gasteiger partial charge on any atom is -0.368 e. The van der Waals surface area contributed by atoms with Crippen LogP contribution in [-0.2, 0) is 4.79 Å². The van der Waals surface area contributed by atoms with E-state index >= 15 is 0 Å². The van der Waals surface area contributed by atoms with Crippen LogP contribution in [0.3, 0.4) is 0 Å². The van der Waals surface area contributed by atoms with E-state index in [9.17, 15) is 4.79 Å². The number of hydrogen-bond donors (Lipinski definition) is 1. The number of rotatable bonds is 5. The number of thioether (sulfide) groups is 1. The van der Waals surface area contributed by atoms with Gasteiger partial charge in [-0.1, -0.05) is 19.8 Å². The topological polar surface area (TPSA) is 55.4 Å². The normalized spacial score (nSPS) is 26.3. The first-order chi connectivity index (χ1) is 6.58. The Morgan fingerprint density at radius 2 is 2.36 bits per heavy atom. The summed E-state index contributed by atoms with van der Waals surface area (Å²) in [5, 5.41) is 1.10. The minimum atomic E-state index is -0.647. The second-order valence-corrected chi connectivity index (χ2v) is 4.94. The first-order valence-corrected chi connectivity index (χ1v) is 6.08. The molecule has 0 saturated heterocycles. The molecule has 0 bridgehead atoms. The smallest absolute Gasteiger partial charge is 0.245 e. The van der Waals surface area contributed by atoms with Crippen molar-refractivity contribution in [3.63, 3.8) is 0 Å². The number of amides is 1. The third kappa shape index (κ3) is 2.74.